The Hall–Kier alpha value is -1.05. The molecule has 0 saturated heterocycles. The summed E-state index contributed by atoms with van der Waals surface area (Å²) in [4.78, 5) is 14.3. The topological polar surface area (TPSA) is 52.3 Å². The van der Waals surface area contributed by atoms with Gasteiger partial charge in [-0.05, 0) is 6.92 Å². The van der Waals surface area contributed by atoms with Gasteiger partial charge < -0.3 is 9.15 Å². The standard InChI is InChI=1S/C8H7BrF3NO3/c1-2-15-7(14)5-6(8(10,11)12)13-4(3-9)16-5/h2-3H2,1H3. The van der Waals surface area contributed by atoms with Crippen molar-refractivity contribution in [1.82, 2.24) is 4.98 Å². The van der Waals surface area contributed by atoms with Crippen molar-refractivity contribution in [3.63, 3.8) is 0 Å². The number of esters is 1. The zero-order valence-corrected chi connectivity index (χ0v) is 9.68. The summed E-state index contributed by atoms with van der Waals surface area (Å²) >= 11 is 2.88. The zero-order valence-electron chi connectivity index (χ0n) is 8.10. The lowest BCUT2D eigenvalue weighted by Crippen LogP contribution is -2.14. The van der Waals surface area contributed by atoms with Crippen LogP contribution < -0.4 is 0 Å². The molecule has 1 aromatic rings. The lowest BCUT2D eigenvalue weighted by atomic mass is 10.3. The van der Waals surface area contributed by atoms with Gasteiger partial charge in [0.25, 0.3) is 0 Å². The maximum Gasteiger partial charge on any atom is 0.437 e. The normalized spacial score (nSPS) is 11.6. The van der Waals surface area contributed by atoms with Crippen molar-refractivity contribution >= 4 is 21.9 Å². The Morgan fingerprint density at radius 1 is 1.56 bits per heavy atom. The number of nitrogens with zero attached hydrogens (tertiary/aromatic N) is 1. The molecule has 1 rings (SSSR count). The monoisotopic (exact) mass is 301 g/mol. The van der Waals surface area contributed by atoms with Crippen LogP contribution in [0.5, 0.6) is 0 Å². The first kappa shape index (κ1) is 13.0. The van der Waals surface area contributed by atoms with Gasteiger partial charge in [0.15, 0.2) is 5.69 Å². The van der Waals surface area contributed by atoms with Crippen molar-refractivity contribution in [1.29, 1.82) is 0 Å². The molecule has 1 aromatic heterocycles. The third kappa shape index (κ3) is 2.75. The molecule has 0 amide bonds. The van der Waals surface area contributed by atoms with Crippen LogP contribution in [0.25, 0.3) is 0 Å². The van der Waals surface area contributed by atoms with Crippen LogP contribution in [0.4, 0.5) is 13.2 Å². The first-order chi connectivity index (χ1) is 7.40. The summed E-state index contributed by atoms with van der Waals surface area (Å²) in [6.07, 6.45) is -4.74. The number of carbonyl (C=O) groups excluding carboxylic acids is 1. The van der Waals surface area contributed by atoms with Crippen LogP contribution >= 0.6 is 15.9 Å². The molecule has 16 heavy (non-hydrogen) atoms. The number of oxazole rings is 1. The number of ether oxygens (including phenoxy) is 1. The van der Waals surface area contributed by atoms with Gasteiger partial charge in [-0.25, -0.2) is 9.78 Å². The molecule has 0 atom stereocenters. The van der Waals surface area contributed by atoms with E-state index in [-0.39, 0.29) is 17.8 Å². The molecule has 8 heteroatoms. The minimum Gasteiger partial charge on any atom is -0.460 e. The highest BCUT2D eigenvalue weighted by molar-refractivity contribution is 9.08. The molecular weight excluding hydrogens is 295 g/mol. The minimum atomic E-state index is -4.74. The van der Waals surface area contributed by atoms with Crippen LogP contribution in [0.15, 0.2) is 4.42 Å². The Kier molecular flexibility index (Phi) is 3.95. The Balaban J connectivity index is 3.15. The molecule has 0 radical (unpaired) electrons. The molecule has 0 aliphatic rings. The minimum absolute atomic E-state index is 0.0184. The van der Waals surface area contributed by atoms with E-state index in [0.29, 0.717) is 0 Å². The van der Waals surface area contributed by atoms with E-state index in [1.165, 1.54) is 6.92 Å². The summed E-state index contributed by atoms with van der Waals surface area (Å²) in [5, 5.41) is -0.0184. The molecule has 4 nitrogen and oxygen atoms in total. The van der Waals surface area contributed by atoms with Gasteiger partial charge >= 0.3 is 12.1 Å². The van der Waals surface area contributed by atoms with Gasteiger partial charge in [0.2, 0.25) is 11.7 Å². The molecule has 0 bridgehead atoms. The SMILES string of the molecule is CCOC(=O)c1oc(CBr)nc1C(F)(F)F. The Labute approximate surface area is 96.9 Å². The van der Waals surface area contributed by atoms with E-state index >= 15 is 0 Å². The third-order valence-corrected chi connectivity index (χ3v) is 1.99. The van der Waals surface area contributed by atoms with E-state index < -0.39 is 23.6 Å². The fraction of sp³-hybridized carbons (Fsp3) is 0.500. The van der Waals surface area contributed by atoms with Crippen LogP contribution in [0.2, 0.25) is 0 Å². The fourth-order valence-corrected chi connectivity index (χ4v) is 1.19. The number of aromatic nitrogens is 1. The zero-order chi connectivity index (χ0) is 12.3. The smallest absolute Gasteiger partial charge is 0.437 e. The summed E-state index contributed by atoms with van der Waals surface area (Å²) in [7, 11) is 0. The van der Waals surface area contributed by atoms with E-state index in [4.69, 9.17) is 0 Å². The lowest BCUT2D eigenvalue weighted by molar-refractivity contribution is -0.141. The van der Waals surface area contributed by atoms with Crippen LogP contribution in [0.3, 0.4) is 0 Å². The highest BCUT2D eigenvalue weighted by Crippen LogP contribution is 2.32. The molecule has 0 unspecified atom stereocenters. The third-order valence-electron chi connectivity index (χ3n) is 1.52. The van der Waals surface area contributed by atoms with Gasteiger partial charge in [-0.2, -0.15) is 13.2 Å². The molecule has 0 saturated carbocycles. The second-order valence-corrected chi connectivity index (χ2v) is 3.20. The maximum absolute atomic E-state index is 12.5. The van der Waals surface area contributed by atoms with Crippen LogP contribution in [-0.4, -0.2) is 17.6 Å². The molecule has 0 spiro atoms. The van der Waals surface area contributed by atoms with E-state index in [1.807, 2.05) is 0 Å². The van der Waals surface area contributed by atoms with E-state index in [2.05, 4.69) is 30.1 Å². The van der Waals surface area contributed by atoms with Gasteiger partial charge in [-0.1, -0.05) is 15.9 Å². The summed E-state index contributed by atoms with van der Waals surface area (Å²) < 4.78 is 46.4. The quantitative estimate of drug-likeness (QED) is 0.636. The summed E-state index contributed by atoms with van der Waals surface area (Å²) in [5.41, 5.74) is -1.36. The van der Waals surface area contributed by atoms with E-state index in [1.54, 1.807) is 0 Å². The Morgan fingerprint density at radius 3 is 2.62 bits per heavy atom. The molecule has 1 heterocycles. The van der Waals surface area contributed by atoms with Gasteiger partial charge in [-0.15, -0.1) is 0 Å². The predicted molar refractivity (Wildman–Crippen MR) is 50.1 cm³/mol. The van der Waals surface area contributed by atoms with E-state index in [9.17, 15) is 18.0 Å². The molecule has 0 aromatic carbocycles. The number of halogens is 4. The van der Waals surface area contributed by atoms with Crippen molar-refractivity contribution in [2.45, 2.75) is 18.4 Å². The Bertz CT molecular complexity index is 388. The van der Waals surface area contributed by atoms with Gasteiger partial charge in [-0.3, -0.25) is 0 Å². The summed E-state index contributed by atoms with van der Waals surface area (Å²) in [6.45, 7) is 1.44. The first-order valence-electron chi connectivity index (χ1n) is 4.20. The largest absolute Gasteiger partial charge is 0.460 e. The van der Waals surface area contributed by atoms with Crippen molar-refractivity contribution in [3.8, 4) is 0 Å². The second-order valence-electron chi connectivity index (χ2n) is 2.64. The number of hydrogen-bond acceptors (Lipinski definition) is 4. The number of hydrogen-bond donors (Lipinski definition) is 0. The van der Waals surface area contributed by atoms with Crippen molar-refractivity contribution in [3.05, 3.63) is 17.3 Å². The maximum atomic E-state index is 12.5. The predicted octanol–water partition coefficient (Wildman–Crippen LogP) is 2.77. The number of alkyl halides is 4. The average molecular weight is 302 g/mol. The lowest BCUT2D eigenvalue weighted by Gasteiger charge is -2.03. The molecule has 0 aliphatic carbocycles. The van der Waals surface area contributed by atoms with Gasteiger partial charge in [0.05, 0.1) is 11.9 Å². The first-order valence-corrected chi connectivity index (χ1v) is 5.32. The van der Waals surface area contributed by atoms with Crippen molar-refractivity contribution in [2.75, 3.05) is 6.61 Å². The number of rotatable bonds is 3. The Morgan fingerprint density at radius 2 is 2.19 bits per heavy atom. The number of carbonyl (C=O) groups is 1. The van der Waals surface area contributed by atoms with Crippen molar-refractivity contribution in [2.24, 2.45) is 0 Å². The van der Waals surface area contributed by atoms with Crippen LogP contribution in [-0.2, 0) is 16.2 Å². The van der Waals surface area contributed by atoms with Crippen LogP contribution in [0, 0.1) is 0 Å². The average Bonchev–Trinajstić information content (AvgIpc) is 2.61. The van der Waals surface area contributed by atoms with Crippen molar-refractivity contribution < 1.29 is 27.1 Å². The summed E-state index contributed by atoms with van der Waals surface area (Å²) in [6, 6.07) is 0. The second kappa shape index (κ2) is 4.86. The highest BCUT2D eigenvalue weighted by atomic mass is 79.9. The molecule has 0 fully saturated rings. The highest BCUT2D eigenvalue weighted by Gasteiger charge is 2.41. The summed E-state index contributed by atoms with van der Waals surface area (Å²) in [5.74, 6) is -2.31. The fourth-order valence-electron chi connectivity index (χ4n) is 0.949. The van der Waals surface area contributed by atoms with Gasteiger partial charge in [0, 0.05) is 0 Å². The molecular formula is C8H7BrF3NO3. The molecule has 90 valence electrons. The van der Waals surface area contributed by atoms with Crippen LogP contribution in [0.1, 0.15) is 29.1 Å². The molecule has 0 N–H and O–H groups in total. The van der Waals surface area contributed by atoms with E-state index in [0.717, 1.165) is 0 Å². The molecule has 0 aliphatic heterocycles. The van der Waals surface area contributed by atoms with Gasteiger partial charge in [0.1, 0.15) is 0 Å².